The van der Waals surface area contributed by atoms with Crippen LogP contribution in [0.4, 0.5) is 0 Å². The molecule has 2 atom stereocenters. The Morgan fingerprint density at radius 3 is 2.14 bits per heavy atom. The summed E-state index contributed by atoms with van der Waals surface area (Å²) in [5.74, 6) is 0.524. The fraction of sp³-hybridized carbons (Fsp3) is 0.444. The van der Waals surface area contributed by atoms with Gasteiger partial charge in [-0.05, 0) is 43.0 Å². The summed E-state index contributed by atoms with van der Waals surface area (Å²) in [6, 6.07) is 12.8. The van der Waals surface area contributed by atoms with Gasteiger partial charge in [0.25, 0.3) is 0 Å². The van der Waals surface area contributed by atoms with Gasteiger partial charge in [0.1, 0.15) is 0 Å². The highest BCUT2D eigenvalue weighted by molar-refractivity contribution is 7.12. The Bertz CT molecular complexity index is 559. The predicted molar refractivity (Wildman–Crippen MR) is 91.0 cm³/mol. The van der Waals surface area contributed by atoms with E-state index >= 15 is 0 Å². The van der Waals surface area contributed by atoms with Gasteiger partial charge < -0.3 is 10.4 Å². The van der Waals surface area contributed by atoms with Crippen molar-refractivity contribution in [3.63, 3.8) is 0 Å². The fourth-order valence-corrected chi connectivity index (χ4v) is 3.20. The van der Waals surface area contributed by atoms with Gasteiger partial charge in [-0.25, -0.2) is 0 Å². The summed E-state index contributed by atoms with van der Waals surface area (Å²) in [6.07, 6.45) is -0.463. The van der Waals surface area contributed by atoms with Crippen LogP contribution in [0.2, 0.25) is 0 Å². The summed E-state index contributed by atoms with van der Waals surface area (Å²) in [5.41, 5.74) is 2.28. The average Bonchev–Trinajstić information content (AvgIpc) is 2.91. The van der Waals surface area contributed by atoms with E-state index in [2.05, 4.69) is 57.3 Å². The van der Waals surface area contributed by atoms with Gasteiger partial charge in [0.15, 0.2) is 0 Å². The van der Waals surface area contributed by atoms with Gasteiger partial charge in [0.05, 0.1) is 6.10 Å². The highest BCUT2D eigenvalue weighted by Gasteiger charge is 2.12. The molecule has 1 heterocycles. The van der Waals surface area contributed by atoms with Gasteiger partial charge in [0, 0.05) is 22.3 Å². The van der Waals surface area contributed by atoms with E-state index in [1.807, 2.05) is 12.1 Å². The molecule has 1 aromatic heterocycles. The lowest BCUT2D eigenvalue weighted by Crippen LogP contribution is -2.24. The number of hydrogen-bond acceptors (Lipinski definition) is 3. The quantitative estimate of drug-likeness (QED) is 0.819. The molecule has 0 aliphatic heterocycles. The maximum absolute atomic E-state index is 10.3. The summed E-state index contributed by atoms with van der Waals surface area (Å²) in [6.45, 7) is 9.18. The molecule has 2 rings (SSSR count). The third-order valence-electron chi connectivity index (χ3n) is 3.79. The van der Waals surface area contributed by atoms with E-state index in [0.717, 1.165) is 5.56 Å². The summed E-state index contributed by atoms with van der Waals surface area (Å²) < 4.78 is 0. The lowest BCUT2D eigenvalue weighted by molar-refractivity contribution is 0.171. The largest absolute Gasteiger partial charge is 0.387 e. The van der Waals surface area contributed by atoms with Gasteiger partial charge >= 0.3 is 0 Å². The van der Waals surface area contributed by atoms with Crippen molar-refractivity contribution >= 4 is 11.3 Å². The smallest absolute Gasteiger partial charge is 0.0914 e. The first kappa shape index (κ1) is 16.2. The summed E-state index contributed by atoms with van der Waals surface area (Å²) in [4.78, 5) is 2.64. The Morgan fingerprint density at radius 2 is 1.62 bits per heavy atom. The second kappa shape index (κ2) is 7.21. The molecule has 2 N–H and O–H groups in total. The van der Waals surface area contributed by atoms with Crippen LogP contribution in [0.3, 0.4) is 0 Å². The minimum absolute atomic E-state index is 0.272. The minimum atomic E-state index is -0.463. The molecular formula is C18H25NOS. The highest BCUT2D eigenvalue weighted by Crippen LogP contribution is 2.23. The number of aliphatic hydroxyl groups is 1. The number of aryl methyl sites for hydroxylation is 1. The van der Waals surface area contributed by atoms with E-state index in [-0.39, 0.29) is 6.04 Å². The zero-order valence-electron chi connectivity index (χ0n) is 13.3. The normalized spacial score (nSPS) is 14.4. The third kappa shape index (κ3) is 4.40. The van der Waals surface area contributed by atoms with Crippen molar-refractivity contribution in [2.24, 2.45) is 0 Å². The second-order valence-electron chi connectivity index (χ2n) is 5.92. The highest BCUT2D eigenvalue weighted by atomic mass is 32.1. The molecule has 0 saturated carbocycles. The zero-order chi connectivity index (χ0) is 15.4. The average molecular weight is 303 g/mol. The molecule has 2 nitrogen and oxygen atoms in total. The van der Waals surface area contributed by atoms with E-state index < -0.39 is 6.10 Å². The third-order valence-corrected chi connectivity index (χ3v) is 4.98. The van der Waals surface area contributed by atoms with Crippen molar-refractivity contribution < 1.29 is 5.11 Å². The van der Waals surface area contributed by atoms with Gasteiger partial charge in [-0.1, -0.05) is 38.1 Å². The van der Waals surface area contributed by atoms with E-state index in [1.165, 1.54) is 15.3 Å². The first-order valence-corrected chi connectivity index (χ1v) is 8.36. The molecule has 0 spiro atoms. The van der Waals surface area contributed by atoms with Crippen LogP contribution in [-0.2, 0) is 0 Å². The van der Waals surface area contributed by atoms with Crippen molar-refractivity contribution in [2.75, 3.05) is 6.54 Å². The predicted octanol–water partition coefficient (Wildman–Crippen LogP) is 4.56. The molecule has 0 saturated heterocycles. The van der Waals surface area contributed by atoms with Crippen molar-refractivity contribution in [3.05, 3.63) is 57.3 Å². The first-order valence-electron chi connectivity index (χ1n) is 7.55. The topological polar surface area (TPSA) is 32.3 Å². The van der Waals surface area contributed by atoms with Crippen LogP contribution in [0.1, 0.15) is 59.7 Å². The van der Waals surface area contributed by atoms with Crippen molar-refractivity contribution in [3.8, 4) is 0 Å². The minimum Gasteiger partial charge on any atom is -0.387 e. The molecule has 0 radical (unpaired) electrons. The van der Waals surface area contributed by atoms with Gasteiger partial charge in [-0.2, -0.15) is 0 Å². The van der Waals surface area contributed by atoms with Crippen LogP contribution in [0, 0.1) is 6.92 Å². The molecule has 0 aliphatic rings. The monoisotopic (exact) mass is 303 g/mol. The summed E-state index contributed by atoms with van der Waals surface area (Å²) in [5, 5.41) is 13.7. The molecule has 114 valence electrons. The van der Waals surface area contributed by atoms with Crippen LogP contribution in [0.15, 0.2) is 36.4 Å². The van der Waals surface area contributed by atoms with Crippen molar-refractivity contribution in [1.29, 1.82) is 0 Å². The first-order chi connectivity index (χ1) is 9.97. The number of rotatable bonds is 6. The molecule has 1 aromatic carbocycles. The Kier molecular flexibility index (Phi) is 5.57. The molecule has 21 heavy (non-hydrogen) atoms. The number of benzene rings is 1. The van der Waals surface area contributed by atoms with Crippen molar-refractivity contribution in [1.82, 2.24) is 5.32 Å². The molecule has 2 unspecified atom stereocenters. The Morgan fingerprint density at radius 1 is 1.00 bits per heavy atom. The SMILES string of the molecule is Cc1ccc(C(C)NCC(O)c2ccc(C(C)C)cc2)s1. The fourth-order valence-electron chi connectivity index (χ4n) is 2.30. The Balaban J connectivity index is 1.90. The Labute approximate surface area is 131 Å². The second-order valence-corrected chi connectivity index (χ2v) is 7.23. The molecule has 0 aliphatic carbocycles. The van der Waals surface area contributed by atoms with E-state index in [1.54, 1.807) is 11.3 Å². The number of nitrogens with one attached hydrogen (secondary N) is 1. The lowest BCUT2D eigenvalue weighted by atomic mass is 10.00. The molecule has 3 heteroatoms. The molecule has 0 bridgehead atoms. The molecule has 0 amide bonds. The lowest BCUT2D eigenvalue weighted by Gasteiger charge is -2.17. The molecule has 2 aromatic rings. The zero-order valence-corrected chi connectivity index (χ0v) is 14.1. The Hall–Kier alpha value is -1.16. The summed E-state index contributed by atoms with van der Waals surface area (Å²) in [7, 11) is 0. The molecular weight excluding hydrogens is 278 g/mol. The van der Waals surface area contributed by atoms with Crippen LogP contribution < -0.4 is 5.32 Å². The maximum Gasteiger partial charge on any atom is 0.0914 e. The van der Waals surface area contributed by atoms with Gasteiger partial charge in [-0.3, -0.25) is 0 Å². The van der Waals surface area contributed by atoms with Gasteiger partial charge in [-0.15, -0.1) is 11.3 Å². The summed E-state index contributed by atoms with van der Waals surface area (Å²) >= 11 is 1.80. The number of aliphatic hydroxyl groups excluding tert-OH is 1. The van der Waals surface area contributed by atoms with Crippen LogP contribution in [-0.4, -0.2) is 11.7 Å². The molecule has 0 fully saturated rings. The van der Waals surface area contributed by atoms with Crippen LogP contribution in [0.5, 0.6) is 0 Å². The number of hydrogen-bond donors (Lipinski definition) is 2. The maximum atomic E-state index is 10.3. The number of thiophene rings is 1. The van der Waals surface area contributed by atoms with Crippen LogP contribution >= 0.6 is 11.3 Å². The van der Waals surface area contributed by atoms with Crippen LogP contribution in [0.25, 0.3) is 0 Å². The van der Waals surface area contributed by atoms with E-state index in [0.29, 0.717) is 12.5 Å². The van der Waals surface area contributed by atoms with E-state index in [9.17, 15) is 5.11 Å². The standard InChI is InChI=1S/C18H25NOS/c1-12(2)15-6-8-16(9-7-15)17(20)11-19-14(4)18-10-5-13(3)21-18/h5-10,12,14,17,19-20H,11H2,1-4H3. The van der Waals surface area contributed by atoms with E-state index in [4.69, 9.17) is 0 Å². The van der Waals surface area contributed by atoms with Crippen molar-refractivity contribution in [2.45, 2.75) is 45.8 Å². The van der Waals surface area contributed by atoms with Gasteiger partial charge in [0.2, 0.25) is 0 Å².